The predicted octanol–water partition coefficient (Wildman–Crippen LogP) is 5.64. The average molecular weight is 310 g/mol. The highest BCUT2D eigenvalue weighted by Crippen LogP contribution is 3.02. The molecule has 20 heavy (non-hydrogen) atoms. The average Bonchev–Trinajstić information content (AvgIpc) is 2.30. The van der Waals surface area contributed by atoms with E-state index in [0.717, 1.165) is 17.7 Å². The van der Waals surface area contributed by atoms with E-state index in [-0.39, 0.29) is 5.75 Å². The van der Waals surface area contributed by atoms with E-state index in [9.17, 15) is 19.4 Å². The Balaban J connectivity index is 2.24. The summed E-state index contributed by atoms with van der Waals surface area (Å²) in [6.45, 7) is 0. The van der Waals surface area contributed by atoms with E-state index in [4.69, 9.17) is 5.11 Å². The van der Waals surface area contributed by atoms with Gasteiger partial charge >= 0.3 is 10.2 Å². The lowest BCUT2D eigenvalue weighted by molar-refractivity contribution is 0.364. The van der Waals surface area contributed by atoms with E-state index in [1.54, 1.807) is 12.1 Å². The third-order valence-corrected chi connectivity index (χ3v) is 3.88. The van der Waals surface area contributed by atoms with E-state index in [1.165, 1.54) is 12.1 Å². The zero-order chi connectivity index (χ0) is 15.1. The van der Waals surface area contributed by atoms with Crippen molar-refractivity contribution in [3.63, 3.8) is 0 Å². The van der Waals surface area contributed by atoms with Crippen molar-refractivity contribution in [2.75, 3.05) is 0 Å². The molecule has 0 bridgehead atoms. The van der Waals surface area contributed by atoms with Gasteiger partial charge in [-0.3, -0.25) is 0 Å². The number of rotatable bonds is 3. The molecule has 110 valence electrons. The maximum Gasteiger partial charge on any atom is 0.310 e. The molecular formula is C13H11F5OS. The number of halogens is 5. The summed E-state index contributed by atoms with van der Waals surface area (Å²) in [5, 5.41) is 9.10. The van der Waals surface area contributed by atoms with Gasteiger partial charge in [-0.05, 0) is 41.8 Å². The van der Waals surface area contributed by atoms with Crippen LogP contribution in [0.4, 0.5) is 19.4 Å². The summed E-state index contributed by atoms with van der Waals surface area (Å²) in [7, 11) is -9.59. The SMILES string of the molecule is Oc1ccc(Cc2ccc(S(F)(F)(F)(F)F)cc2)cc1. The lowest BCUT2D eigenvalue weighted by Crippen LogP contribution is -2.05. The Bertz CT molecular complexity index is 617. The Hall–Kier alpha value is -1.76. The number of phenols is 1. The van der Waals surface area contributed by atoms with Crippen LogP contribution in [0.15, 0.2) is 53.4 Å². The first-order valence-corrected chi connectivity index (χ1v) is 7.50. The molecule has 2 aromatic rings. The Kier molecular flexibility index (Phi) is 2.84. The zero-order valence-corrected chi connectivity index (χ0v) is 10.9. The fraction of sp³-hybridized carbons (Fsp3) is 0.0769. The van der Waals surface area contributed by atoms with Crippen LogP contribution in [0.5, 0.6) is 5.75 Å². The molecule has 0 aromatic heterocycles. The van der Waals surface area contributed by atoms with E-state index < -0.39 is 15.1 Å². The van der Waals surface area contributed by atoms with Gasteiger partial charge in [-0.25, -0.2) is 0 Å². The monoisotopic (exact) mass is 310 g/mol. The lowest BCUT2D eigenvalue weighted by Gasteiger charge is -2.40. The van der Waals surface area contributed by atoms with Crippen LogP contribution in [-0.4, -0.2) is 5.11 Å². The van der Waals surface area contributed by atoms with Gasteiger partial charge in [0.2, 0.25) is 0 Å². The molecule has 0 unspecified atom stereocenters. The number of hydrogen-bond donors (Lipinski definition) is 1. The van der Waals surface area contributed by atoms with Crippen LogP contribution in [0.25, 0.3) is 0 Å². The third-order valence-electron chi connectivity index (χ3n) is 2.71. The molecule has 1 nitrogen and oxygen atoms in total. The predicted molar refractivity (Wildman–Crippen MR) is 68.8 cm³/mol. The van der Waals surface area contributed by atoms with Crippen molar-refractivity contribution in [3.8, 4) is 5.75 Å². The van der Waals surface area contributed by atoms with Gasteiger partial charge in [0.05, 0.1) is 0 Å². The van der Waals surface area contributed by atoms with Crippen LogP contribution in [0.1, 0.15) is 11.1 Å². The van der Waals surface area contributed by atoms with Crippen LogP contribution in [0, 0.1) is 0 Å². The maximum atomic E-state index is 12.5. The highest BCUT2D eigenvalue weighted by atomic mass is 32.5. The summed E-state index contributed by atoms with van der Waals surface area (Å²) >= 11 is 0. The molecule has 0 saturated carbocycles. The molecule has 0 aliphatic carbocycles. The second-order valence-electron chi connectivity index (χ2n) is 4.46. The summed E-state index contributed by atoms with van der Waals surface area (Å²) in [6.07, 6.45) is 0.293. The molecule has 0 atom stereocenters. The van der Waals surface area contributed by atoms with Gasteiger partial charge in [0, 0.05) is 0 Å². The minimum Gasteiger partial charge on any atom is -0.508 e. The molecule has 0 saturated heterocycles. The van der Waals surface area contributed by atoms with Crippen molar-refractivity contribution in [1.82, 2.24) is 0 Å². The maximum absolute atomic E-state index is 12.5. The van der Waals surface area contributed by atoms with Gasteiger partial charge in [0.1, 0.15) is 10.6 Å². The number of phenolic OH excluding ortho intramolecular Hbond substituents is 1. The van der Waals surface area contributed by atoms with Crippen LogP contribution in [0.3, 0.4) is 0 Å². The van der Waals surface area contributed by atoms with Gasteiger partial charge in [-0.1, -0.05) is 43.7 Å². The third kappa shape index (κ3) is 3.63. The fourth-order valence-electron chi connectivity index (χ4n) is 1.71. The first-order valence-electron chi connectivity index (χ1n) is 5.55. The number of hydrogen-bond acceptors (Lipinski definition) is 1. The Morgan fingerprint density at radius 1 is 0.700 bits per heavy atom. The summed E-state index contributed by atoms with van der Waals surface area (Å²) in [5.41, 5.74) is 1.23. The van der Waals surface area contributed by atoms with Gasteiger partial charge in [0.15, 0.2) is 0 Å². The van der Waals surface area contributed by atoms with Crippen molar-refractivity contribution < 1.29 is 24.5 Å². The van der Waals surface area contributed by atoms with Crippen LogP contribution in [0.2, 0.25) is 0 Å². The topological polar surface area (TPSA) is 20.2 Å². The van der Waals surface area contributed by atoms with Crippen LogP contribution < -0.4 is 0 Å². The van der Waals surface area contributed by atoms with Crippen molar-refractivity contribution in [2.24, 2.45) is 0 Å². The standard InChI is InChI=1S/C13H11F5OS/c14-20(15,16,17,18)13-7-3-11(4-8-13)9-10-1-5-12(19)6-2-10/h1-8,19H,9H2. The van der Waals surface area contributed by atoms with Crippen molar-refractivity contribution in [1.29, 1.82) is 0 Å². The molecular weight excluding hydrogens is 299 g/mol. The smallest absolute Gasteiger partial charge is 0.310 e. The first kappa shape index (κ1) is 14.6. The van der Waals surface area contributed by atoms with Crippen LogP contribution >= 0.6 is 10.2 Å². The highest BCUT2D eigenvalue weighted by Gasteiger charge is 2.65. The van der Waals surface area contributed by atoms with Crippen molar-refractivity contribution in [2.45, 2.75) is 11.3 Å². The van der Waals surface area contributed by atoms with Gasteiger partial charge in [-0.2, -0.15) is 0 Å². The summed E-state index contributed by atoms with van der Waals surface area (Å²) in [5.74, 6) is 0.0741. The molecule has 1 N–H and O–H groups in total. The van der Waals surface area contributed by atoms with Gasteiger partial charge < -0.3 is 5.11 Å². The van der Waals surface area contributed by atoms with E-state index >= 15 is 0 Å². The second-order valence-corrected chi connectivity index (χ2v) is 6.87. The molecule has 0 spiro atoms. The normalized spacial score (nSPS) is 15.4. The molecule has 2 aromatic carbocycles. The molecule has 0 radical (unpaired) electrons. The van der Waals surface area contributed by atoms with Gasteiger partial charge in [0.25, 0.3) is 0 Å². The van der Waals surface area contributed by atoms with E-state index in [1.807, 2.05) is 0 Å². The molecule has 2 rings (SSSR count). The first-order chi connectivity index (χ1) is 8.94. The molecule has 7 heteroatoms. The minimum atomic E-state index is -9.59. The molecule has 0 aliphatic rings. The minimum absolute atomic E-state index is 0.0741. The zero-order valence-electron chi connectivity index (χ0n) is 10.1. The van der Waals surface area contributed by atoms with E-state index in [2.05, 4.69) is 0 Å². The number of benzene rings is 2. The molecule has 0 aliphatic heterocycles. The molecule has 0 fully saturated rings. The fourth-order valence-corrected chi connectivity index (χ4v) is 2.36. The Labute approximate surface area is 112 Å². The molecule has 0 heterocycles. The lowest BCUT2D eigenvalue weighted by atomic mass is 10.1. The van der Waals surface area contributed by atoms with Crippen LogP contribution in [-0.2, 0) is 6.42 Å². The Morgan fingerprint density at radius 2 is 1.10 bits per heavy atom. The Morgan fingerprint density at radius 3 is 1.50 bits per heavy atom. The second kappa shape index (κ2) is 3.88. The molecule has 0 amide bonds. The quantitative estimate of drug-likeness (QED) is 0.727. The highest BCUT2D eigenvalue weighted by molar-refractivity contribution is 8.45. The van der Waals surface area contributed by atoms with Crippen molar-refractivity contribution >= 4 is 10.2 Å². The van der Waals surface area contributed by atoms with Crippen molar-refractivity contribution in [3.05, 3.63) is 59.7 Å². The largest absolute Gasteiger partial charge is 0.508 e. The summed E-state index contributed by atoms with van der Waals surface area (Å²) in [4.78, 5) is -1.89. The summed E-state index contributed by atoms with van der Waals surface area (Å²) < 4.78 is 62.6. The van der Waals surface area contributed by atoms with E-state index in [0.29, 0.717) is 24.1 Å². The summed E-state index contributed by atoms with van der Waals surface area (Å²) in [6, 6.07) is 8.95. The van der Waals surface area contributed by atoms with Gasteiger partial charge in [-0.15, -0.1) is 0 Å². The number of aromatic hydroxyl groups is 1.